The highest BCUT2D eigenvalue weighted by atomic mass is 32.2. The van der Waals surface area contributed by atoms with Gasteiger partial charge in [0.1, 0.15) is 5.60 Å². The van der Waals surface area contributed by atoms with Gasteiger partial charge >= 0.3 is 6.09 Å². The van der Waals surface area contributed by atoms with Crippen LogP contribution in [0.15, 0.2) is 28.6 Å². The maximum Gasteiger partial charge on any atom is 0.410 e. The Balaban J connectivity index is 1.27. The molecule has 0 bridgehead atoms. The van der Waals surface area contributed by atoms with E-state index in [4.69, 9.17) is 4.74 Å². The van der Waals surface area contributed by atoms with Gasteiger partial charge in [-0.1, -0.05) is 23.9 Å². The van der Waals surface area contributed by atoms with E-state index >= 15 is 0 Å². The SMILES string of the molecule is CC(C)(C)OC(=O)N1C[C@@H]2C(CSc3nc4ccccc4s3)[C@@H]2C1. The summed E-state index contributed by atoms with van der Waals surface area (Å²) in [6.45, 7) is 7.45. The molecule has 0 spiro atoms. The first-order chi connectivity index (χ1) is 11.4. The van der Waals surface area contributed by atoms with Gasteiger partial charge < -0.3 is 9.64 Å². The van der Waals surface area contributed by atoms with Gasteiger partial charge in [-0.15, -0.1) is 11.3 Å². The van der Waals surface area contributed by atoms with Crippen LogP contribution < -0.4 is 0 Å². The van der Waals surface area contributed by atoms with E-state index in [-0.39, 0.29) is 6.09 Å². The van der Waals surface area contributed by atoms with E-state index in [1.165, 1.54) is 4.70 Å². The molecule has 1 saturated heterocycles. The number of likely N-dealkylation sites (tertiary alicyclic amines) is 1. The Kier molecular flexibility index (Phi) is 4.00. The molecule has 2 fully saturated rings. The van der Waals surface area contributed by atoms with Crippen LogP contribution in [0.25, 0.3) is 10.2 Å². The second kappa shape index (κ2) is 5.92. The number of para-hydroxylation sites is 1. The maximum absolute atomic E-state index is 12.1. The molecule has 2 aliphatic rings. The van der Waals surface area contributed by atoms with Crippen molar-refractivity contribution in [2.24, 2.45) is 17.8 Å². The number of amides is 1. The van der Waals surface area contributed by atoms with Crippen LogP contribution in [-0.4, -0.2) is 40.4 Å². The number of nitrogens with zero attached hydrogens (tertiary/aromatic N) is 2. The lowest BCUT2D eigenvalue weighted by molar-refractivity contribution is 0.0267. The minimum Gasteiger partial charge on any atom is -0.444 e. The second-order valence-corrected chi connectivity index (χ2v) is 9.93. The van der Waals surface area contributed by atoms with E-state index in [1.54, 1.807) is 11.3 Å². The fraction of sp³-hybridized carbons (Fsp3) is 0.556. The molecule has 0 N–H and O–H groups in total. The van der Waals surface area contributed by atoms with Crippen LogP contribution in [0.2, 0.25) is 0 Å². The fourth-order valence-electron chi connectivity index (χ4n) is 3.45. The molecule has 1 aromatic heterocycles. The summed E-state index contributed by atoms with van der Waals surface area (Å²) < 4.78 is 7.88. The lowest BCUT2D eigenvalue weighted by Gasteiger charge is -2.25. The Hall–Kier alpha value is -1.27. The van der Waals surface area contributed by atoms with Crippen LogP contribution in [0.5, 0.6) is 0 Å². The molecule has 1 aliphatic carbocycles. The molecule has 1 aliphatic heterocycles. The third-order valence-electron chi connectivity index (χ3n) is 4.70. The summed E-state index contributed by atoms with van der Waals surface area (Å²) >= 11 is 3.64. The van der Waals surface area contributed by atoms with Crippen molar-refractivity contribution >= 4 is 39.4 Å². The molecule has 0 radical (unpaired) electrons. The van der Waals surface area contributed by atoms with Gasteiger partial charge in [0.15, 0.2) is 4.34 Å². The topological polar surface area (TPSA) is 42.4 Å². The molecule has 4 nitrogen and oxygen atoms in total. The molecule has 6 heteroatoms. The molecule has 3 atom stereocenters. The van der Waals surface area contributed by atoms with E-state index in [2.05, 4.69) is 23.2 Å². The molecule has 2 aromatic rings. The quantitative estimate of drug-likeness (QED) is 0.754. The van der Waals surface area contributed by atoms with E-state index in [9.17, 15) is 4.79 Å². The maximum atomic E-state index is 12.1. The lowest BCUT2D eigenvalue weighted by atomic mass is 10.2. The van der Waals surface area contributed by atoms with E-state index in [1.807, 2.05) is 43.5 Å². The van der Waals surface area contributed by atoms with E-state index in [0.717, 1.165) is 34.6 Å². The highest BCUT2D eigenvalue weighted by molar-refractivity contribution is 8.01. The van der Waals surface area contributed by atoms with Crippen LogP contribution in [0, 0.1) is 17.8 Å². The molecule has 1 aromatic carbocycles. The number of fused-ring (bicyclic) bond motifs is 2. The van der Waals surface area contributed by atoms with E-state index in [0.29, 0.717) is 11.8 Å². The van der Waals surface area contributed by atoms with Crippen LogP contribution >= 0.6 is 23.1 Å². The second-order valence-electron chi connectivity index (χ2n) is 7.64. The van der Waals surface area contributed by atoms with Crippen molar-refractivity contribution in [1.82, 2.24) is 9.88 Å². The van der Waals surface area contributed by atoms with Crippen molar-refractivity contribution in [3.8, 4) is 0 Å². The number of thioether (sulfide) groups is 1. The monoisotopic (exact) mass is 362 g/mol. The number of aromatic nitrogens is 1. The van der Waals surface area contributed by atoms with Crippen molar-refractivity contribution in [1.29, 1.82) is 0 Å². The van der Waals surface area contributed by atoms with Gasteiger partial charge in [-0.2, -0.15) is 0 Å². The van der Waals surface area contributed by atoms with Crippen molar-refractivity contribution < 1.29 is 9.53 Å². The van der Waals surface area contributed by atoms with Gasteiger partial charge in [0, 0.05) is 18.8 Å². The van der Waals surface area contributed by atoms with Gasteiger partial charge in [-0.3, -0.25) is 0 Å². The van der Waals surface area contributed by atoms with Crippen molar-refractivity contribution in [3.63, 3.8) is 0 Å². The molecule has 128 valence electrons. The Morgan fingerprint density at radius 3 is 2.71 bits per heavy atom. The number of ether oxygens (including phenoxy) is 1. The highest BCUT2D eigenvalue weighted by Crippen LogP contribution is 2.54. The summed E-state index contributed by atoms with van der Waals surface area (Å²) in [5.74, 6) is 3.14. The van der Waals surface area contributed by atoms with Crippen molar-refractivity contribution in [2.45, 2.75) is 30.7 Å². The van der Waals surface area contributed by atoms with Crippen LogP contribution in [0.1, 0.15) is 20.8 Å². The third kappa shape index (κ3) is 3.26. The first-order valence-electron chi connectivity index (χ1n) is 8.37. The summed E-state index contributed by atoms with van der Waals surface area (Å²) in [7, 11) is 0. The predicted octanol–water partition coefficient (Wildman–Crippen LogP) is 4.50. The zero-order valence-electron chi connectivity index (χ0n) is 14.2. The molecule has 1 amide bonds. The van der Waals surface area contributed by atoms with Gasteiger partial charge in [0.25, 0.3) is 0 Å². The zero-order chi connectivity index (χ0) is 16.9. The number of carbonyl (C=O) groups excluding carboxylic acids is 1. The lowest BCUT2D eigenvalue weighted by Crippen LogP contribution is -2.37. The zero-order valence-corrected chi connectivity index (χ0v) is 15.8. The average molecular weight is 363 g/mol. The van der Waals surface area contributed by atoms with Crippen LogP contribution in [0.4, 0.5) is 4.79 Å². The Labute approximate surface area is 150 Å². The van der Waals surface area contributed by atoms with E-state index < -0.39 is 5.60 Å². The standard InChI is InChI=1S/C18H22N2O2S2/c1-18(2,3)22-17(21)20-8-11-12(9-20)13(11)10-23-16-19-14-6-4-5-7-15(14)24-16/h4-7,11-13H,8-10H2,1-3H3/t11-,12+,13?. The summed E-state index contributed by atoms with van der Waals surface area (Å²) in [6.07, 6.45) is -0.160. The first-order valence-corrected chi connectivity index (χ1v) is 10.2. The first kappa shape index (κ1) is 16.2. The largest absolute Gasteiger partial charge is 0.444 e. The van der Waals surface area contributed by atoms with Gasteiger partial charge in [0.2, 0.25) is 0 Å². The Bertz CT molecular complexity index is 723. The van der Waals surface area contributed by atoms with Crippen molar-refractivity contribution in [3.05, 3.63) is 24.3 Å². The molecule has 1 unspecified atom stereocenters. The third-order valence-corrected chi connectivity index (χ3v) is 7.02. The number of thiazole rings is 1. The Morgan fingerprint density at radius 1 is 1.33 bits per heavy atom. The summed E-state index contributed by atoms with van der Waals surface area (Å²) in [4.78, 5) is 18.7. The predicted molar refractivity (Wildman–Crippen MR) is 98.6 cm³/mol. The molecule has 4 rings (SSSR count). The number of carbonyl (C=O) groups is 1. The summed E-state index contributed by atoms with van der Waals surface area (Å²) in [6, 6.07) is 8.29. The molecule has 1 saturated carbocycles. The van der Waals surface area contributed by atoms with Crippen LogP contribution in [0.3, 0.4) is 0 Å². The number of hydrogen-bond acceptors (Lipinski definition) is 5. The average Bonchev–Trinajstić information content (AvgIpc) is 2.90. The number of piperidine rings is 1. The van der Waals surface area contributed by atoms with Gasteiger partial charge in [0.05, 0.1) is 10.2 Å². The highest BCUT2D eigenvalue weighted by Gasteiger charge is 2.56. The fourth-order valence-corrected chi connectivity index (χ4v) is 5.85. The minimum absolute atomic E-state index is 0.160. The van der Waals surface area contributed by atoms with Crippen LogP contribution in [-0.2, 0) is 4.74 Å². The van der Waals surface area contributed by atoms with Crippen molar-refractivity contribution in [2.75, 3.05) is 18.8 Å². The van der Waals surface area contributed by atoms with Gasteiger partial charge in [-0.25, -0.2) is 9.78 Å². The molecule has 2 heterocycles. The molecule has 24 heavy (non-hydrogen) atoms. The molecular formula is C18H22N2O2S2. The smallest absolute Gasteiger partial charge is 0.410 e. The van der Waals surface area contributed by atoms with Gasteiger partial charge in [-0.05, 0) is 50.7 Å². The Morgan fingerprint density at radius 2 is 2.04 bits per heavy atom. The summed E-state index contributed by atoms with van der Waals surface area (Å²) in [5, 5.41) is 0. The summed E-state index contributed by atoms with van der Waals surface area (Å²) in [5.41, 5.74) is 0.684. The normalized spacial score (nSPS) is 25.8. The minimum atomic E-state index is -0.411. The number of benzene rings is 1. The number of hydrogen-bond donors (Lipinski definition) is 0. The number of rotatable bonds is 3. The molecular weight excluding hydrogens is 340 g/mol.